The van der Waals surface area contributed by atoms with Gasteiger partial charge in [-0.25, -0.2) is 0 Å². The van der Waals surface area contributed by atoms with Crippen LogP contribution in [0.5, 0.6) is 5.75 Å². The average molecular weight is 436 g/mol. The molecular formula is C27H30ClNO2. The molecule has 3 aromatic carbocycles. The van der Waals surface area contributed by atoms with E-state index in [4.69, 9.17) is 4.74 Å². The van der Waals surface area contributed by atoms with E-state index >= 15 is 0 Å². The lowest BCUT2D eigenvalue weighted by Crippen LogP contribution is -2.49. The Morgan fingerprint density at radius 1 is 0.871 bits per heavy atom. The van der Waals surface area contributed by atoms with Crippen molar-refractivity contribution < 1.29 is 9.84 Å². The summed E-state index contributed by atoms with van der Waals surface area (Å²) in [5, 5.41) is 14.6. The molecule has 1 saturated carbocycles. The highest BCUT2D eigenvalue weighted by Crippen LogP contribution is 2.58. The molecule has 1 aliphatic heterocycles. The molecule has 0 bridgehead atoms. The summed E-state index contributed by atoms with van der Waals surface area (Å²) in [4.78, 5) is 0. The molecular weight excluding hydrogens is 406 g/mol. The third kappa shape index (κ3) is 3.55. The fourth-order valence-corrected chi connectivity index (χ4v) is 6.21. The molecule has 3 nitrogen and oxygen atoms in total. The van der Waals surface area contributed by atoms with Crippen molar-refractivity contribution >= 4 is 12.4 Å². The van der Waals surface area contributed by atoms with Crippen molar-refractivity contribution in [2.24, 2.45) is 11.8 Å². The Morgan fingerprint density at radius 2 is 1.45 bits per heavy atom. The van der Waals surface area contributed by atoms with Gasteiger partial charge in [-0.15, -0.1) is 12.4 Å². The maximum absolute atomic E-state index is 11.2. The maximum Gasteiger partial charge on any atom is 0.122 e. The van der Waals surface area contributed by atoms with Crippen LogP contribution in [-0.2, 0) is 5.41 Å². The minimum atomic E-state index is -0.534. The van der Waals surface area contributed by atoms with E-state index < -0.39 is 6.23 Å². The summed E-state index contributed by atoms with van der Waals surface area (Å²) >= 11 is 0. The number of ether oxygens (including phenoxy) is 1. The van der Waals surface area contributed by atoms with Crippen LogP contribution < -0.4 is 10.1 Å². The molecule has 1 aliphatic carbocycles. The van der Waals surface area contributed by atoms with E-state index in [0.717, 1.165) is 25.1 Å². The van der Waals surface area contributed by atoms with Gasteiger partial charge in [0.2, 0.25) is 0 Å². The third-order valence-corrected chi connectivity index (χ3v) is 7.42. The highest BCUT2D eigenvalue weighted by molar-refractivity contribution is 5.85. The molecule has 1 unspecified atom stereocenters. The Bertz CT molecular complexity index is 955. The summed E-state index contributed by atoms with van der Waals surface area (Å²) in [6.45, 7) is 0.815. The number of para-hydroxylation sites is 1. The summed E-state index contributed by atoms with van der Waals surface area (Å²) in [6.07, 6.45) is 1.51. The van der Waals surface area contributed by atoms with Crippen LogP contribution in [0.2, 0.25) is 0 Å². The predicted octanol–water partition coefficient (Wildman–Crippen LogP) is 5.13. The van der Waals surface area contributed by atoms with Crippen molar-refractivity contribution in [1.29, 1.82) is 0 Å². The van der Waals surface area contributed by atoms with Gasteiger partial charge >= 0.3 is 0 Å². The summed E-state index contributed by atoms with van der Waals surface area (Å²) < 4.78 is 5.71. The Hall–Kier alpha value is -2.33. The van der Waals surface area contributed by atoms with Crippen molar-refractivity contribution in [1.82, 2.24) is 5.32 Å². The average Bonchev–Trinajstić information content (AvgIpc) is 3.22. The predicted molar refractivity (Wildman–Crippen MR) is 127 cm³/mol. The second-order valence-corrected chi connectivity index (χ2v) is 8.63. The molecule has 162 valence electrons. The Morgan fingerprint density at radius 3 is 2.06 bits per heavy atom. The maximum atomic E-state index is 11.2. The van der Waals surface area contributed by atoms with Gasteiger partial charge in [0.05, 0.1) is 7.11 Å². The lowest BCUT2D eigenvalue weighted by molar-refractivity contribution is 0.0315. The second-order valence-electron chi connectivity index (χ2n) is 8.63. The van der Waals surface area contributed by atoms with Crippen LogP contribution in [0.15, 0.2) is 84.9 Å². The van der Waals surface area contributed by atoms with Crippen LogP contribution in [-0.4, -0.2) is 25.0 Å². The van der Waals surface area contributed by atoms with Crippen molar-refractivity contribution in [3.8, 4) is 5.75 Å². The molecule has 4 heteroatoms. The largest absolute Gasteiger partial charge is 0.496 e. The number of hydrogen-bond acceptors (Lipinski definition) is 3. The first kappa shape index (κ1) is 21.9. The number of fused-ring (bicyclic) bond motifs is 1. The first-order chi connectivity index (χ1) is 14.8. The quantitative estimate of drug-likeness (QED) is 0.596. The van der Waals surface area contributed by atoms with Crippen molar-refractivity contribution in [3.63, 3.8) is 0 Å². The van der Waals surface area contributed by atoms with E-state index in [1.54, 1.807) is 7.11 Å². The van der Waals surface area contributed by atoms with Crippen LogP contribution in [0.25, 0.3) is 0 Å². The van der Waals surface area contributed by atoms with Gasteiger partial charge in [-0.05, 0) is 47.4 Å². The lowest BCUT2D eigenvalue weighted by Gasteiger charge is -2.50. The Balaban J connectivity index is 0.00000231. The van der Waals surface area contributed by atoms with Gasteiger partial charge in [-0.3, -0.25) is 5.32 Å². The summed E-state index contributed by atoms with van der Waals surface area (Å²) in [5.41, 5.74) is 3.65. The summed E-state index contributed by atoms with van der Waals surface area (Å²) in [6, 6.07) is 30.0. The lowest BCUT2D eigenvalue weighted by atomic mass is 9.53. The summed E-state index contributed by atoms with van der Waals surface area (Å²) in [7, 11) is 1.75. The molecule has 0 amide bonds. The summed E-state index contributed by atoms with van der Waals surface area (Å²) in [5.74, 6) is 1.72. The minimum absolute atomic E-state index is 0. The van der Waals surface area contributed by atoms with Gasteiger partial charge in [0.1, 0.15) is 12.0 Å². The molecule has 1 heterocycles. The molecule has 1 saturated heterocycles. The van der Waals surface area contributed by atoms with E-state index in [1.165, 1.54) is 16.7 Å². The number of aliphatic hydroxyl groups is 1. The van der Waals surface area contributed by atoms with Crippen molar-refractivity contribution in [3.05, 3.63) is 102 Å². The standard InChI is InChI=1S/C27H29NO2.ClH/c1-30-24-15-9-8-14-22(24)21-16-17-27(19-10-4-2-5-11-19,20-12-6-3-7-13-20)25-23(21)18-28-26(25)29;/h2-15,21,23,25-26,28-29H,16-18H2,1H3;1H/t21-,23+,25-,26?;/m1./s1. The molecule has 0 spiro atoms. The molecule has 31 heavy (non-hydrogen) atoms. The van der Waals surface area contributed by atoms with Crippen molar-refractivity contribution in [2.75, 3.05) is 13.7 Å². The number of halogens is 1. The Labute approximate surface area is 190 Å². The number of hydrogen-bond donors (Lipinski definition) is 2. The van der Waals surface area contributed by atoms with E-state index in [9.17, 15) is 5.11 Å². The number of methoxy groups -OCH3 is 1. The van der Waals surface area contributed by atoms with Crippen LogP contribution >= 0.6 is 12.4 Å². The molecule has 2 N–H and O–H groups in total. The van der Waals surface area contributed by atoms with Gasteiger partial charge in [0.15, 0.2) is 0 Å². The van der Waals surface area contributed by atoms with Gasteiger partial charge in [-0.1, -0.05) is 78.9 Å². The number of benzene rings is 3. The SMILES string of the molecule is COc1ccccc1[C@H]1CCC(c2ccccc2)(c2ccccc2)[C@H]2C(O)NC[C@@H]12.Cl. The fourth-order valence-electron chi connectivity index (χ4n) is 6.21. The highest BCUT2D eigenvalue weighted by atomic mass is 35.5. The van der Waals surface area contributed by atoms with Crippen molar-refractivity contribution in [2.45, 2.75) is 30.4 Å². The van der Waals surface area contributed by atoms with E-state index in [1.807, 2.05) is 6.07 Å². The molecule has 3 aromatic rings. The van der Waals surface area contributed by atoms with Gasteiger partial charge < -0.3 is 9.84 Å². The van der Waals surface area contributed by atoms with E-state index in [0.29, 0.717) is 11.8 Å². The van der Waals surface area contributed by atoms with Crippen LogP contribution in [0.1, 0.15) is 35.4 Å². The zero-order chi connectivity index (χ0) is 20.6. The molecule has 2 aliphatic rings. The number of aliphatic hydroxyl groups excluding tert-OH is 1. The van der Waals surface area contributed by atoms with E-state index in [-0.39, 0.29) is 23.7 Å². The van der Waals surface area contributed by atoms with Gasteiger partial charge in [0.25, 0.3) is 0 Å². The Kier molecular flexibility index (Phi) is 6.38. The zero-order valence-corrected chi connectivity index (χ0v) is 18.6. The van der Waals surface area contributed by atoms with Gasteiger partial charge in [-0.2, -0.15) is 0 Å². The number of rotatable bonds is 4. The van der Waals surface area contributed by atoms with Crippen LogP contribution in [0, 0.1) is 11.8 Å². The molecule has 0 radical (unpaired) electrons. The van der Waals surface area contributed by atoms with Crippen LogP contribution in [0.3, 0.4) is 0 Å². The zero-order valence-electron chi connectivity index (χ0n) is 17.8. The smallest absolute Gasteiger partial charge is 0.122 e. The normalized spacial score (nSPS) is 26.5. The molecule has 4 atom stereocenters. The minimum Gasteiger partial charge on any atom is -0.496 e. The third-order valence-electron chi connectivity index (χ3n) is 7.42. The first-order valence-corrected chi connectivity index (χ1v) is 10.9. The fraction of sp³-hybridized carbons (Fsp3) is 0.333. The van der Waals surface area contributed by atoms with E-state index in [2.05, 4.69) is 84.2 Å². The second kappa shape index (κ2) is 9.04. The molecule has 0 aromatic heterocycles. The number of nitrogens with one attached hydrogen (secondary N) is 1. The first-order valence-electron chi connectivity index (χ1n) is 10.9. The highest BCUT2D eigenvalue weighted by Gasteiger charge is 2.56. The van der Waals surface area contributed by atoms with Gasteiger partial charge in [0, 0.05) is 17.9 Å². The topological polar surface area (TPSA) is 41.5 Å². The molecule has 2 fully saturated rings. The monoisotopic (exact) mass is 435 g/mol. The van der Waals surface area contributed by atoms with Crippen LogP contribution in [0.4, 0.5) is 0 Å². The molecule has 5 rings (SSSR count).